The molecule has 1 unspecified atom stereocenters. The first-order valence-electron chi connectivity index (χ1n) is 11.6. The summed E-state index contributed by atoms with van der Waals surface area (Å²) in [6.07, 6.45) is 1.47. The zero-order valence-electron chi connectivity index (χ0n) is 20.7. The van der Waals surface area contributed by atoms with Crippen LogP contribution in [-0.2, 0) is 39.3 Å². The van der Waals surface area contributed by atoms with Crippen molar-refractivity contribution >= 4 is 11.9 Å². The molecule has 2 N–H and O–H groups in total. The molecule has 2 aromatic rings. The molecule has 2 aromatic heterocycles. The lowest BCUT2D eigenvalue weighted by Crippen LogP contribution is -2.43. The second-order valence-corrected chi connectivity index (χ2v) is 8.70. The van der Waals surface area contributed by atoms with Crippen molar-refractivity contribution in [3.8, 4) is 0 Å². The first kappa shape index (κ1) is 32.0. The van der Waals surface area contributed by atoms with Gasteiger partial charge < -0.3 is 19.7 Å². The molecule has 39 heavy (non-hydrogen) atoms. The number of aryl methyl sites for hydroxylation is 1. The topological polar surface area (TPSA) is 127 Å². The number of ether oxygens (including phenoxy) is 2. The van der Waals surface area contributed by atoms with Crippen molar-refractivity contribution < 1.29 is 55.6 Å². The van der Waals surface area contributed by atoms with Crippen LogP contribution in [0.1, 0.15) is 30.4 Å². The molecule has 0 aromatic carbocycles. The number of pyridine rings is 1. The van der Waals surface area contributed by atoms with Gasteiger partial charge in [0, 0.05) is 50.3 Å². The molecule has 3 atom stereocenters. The average molecular weight is 570 g/mol. The van der Waals surface area contributed by atoms with Crippen LogP contribution in [0.5, 0.6) is 0 Å². The van der Waals surface area contributed by atoms with Gasteiger partial charge in [0.2, 0.25) is 0 Å². The molecule has 2 aliphatic heterocycles. The summed E-state index contributed by atoms with van der Waals surface area (Å²) in [6.45, 7) is 3.35. The van der Waals surface area contributed by atoms with Crippen LogP contribution in [0, 0.1) is 0 Å². The van der Waals surface area contributed by atoms with Gasteiger partial charge in [0.15, 0.2) is 0 Å². The molecule has 0 bridgehead atoms. The van der Waals surface area contributed by atoms with E-state index in [1.807, 2.05) is 36.3 Å². The number of nitrogens with zero attached hydrogens (tertiary/aromatic N) is 4. The molecule has 0 aliphatic carbocycles. The Kier molecular flexibility index (Phi) is 11.7. The van der Waals surface area contributed by atoms with Crippen LogP contribution in [0.25, 0.3) is 0 Å². The highest BCUT2D eigenvalue weighted by molar-refractivity contribution is 5.73. The summed E-state index contributed by atoms with van der Waals surface area (Å²) in [6, 6.07) is 4.52. The first-order valence-corrected chi connectivity index (χ1v) is 11.6. The third-order valence-corrected chi connectivity index (χ3v) is 5.67. The van der Waals surface area contributed by atoms with Gasteiger partial charge in [-0.1, -0.05) is 6.07 Å². The van der Waals surface area contributed by atoms with E-state index in [0.717, 1.165) is 31.5 Å². The highest BCUT2D eigenvalue weighted by Crippen LogP contribution is 2.32. The Morgan fingerprint density at radius 2 is 1.69 bits per heavy atom. The summed E-state index contributed by atoms with van der Waals surface area (Å²) in [4.78, 5) is 24.5. The maximum atomic E-state index is 10.6. The van der Waals surface area contributed by atoms with Crippen LogP contribution in [0.3, 0.4) is 0 Å². The molecule has 10 nitrogen and oxygen atoms in total. The van der Waals surface area contributed by atoms with Crippen molar-refractivity contribution in [2.45, 2.75) is 63.0 Å². The molecule has 2 saturated heterocycles. The molecule has 4 rings (SSSR count). The van der Waals surface area contributed by atoms with E-state index in [1.54, 1.807) is 6.20 Å². The summed E-state index contributed by atoms with van der Waals surface area (Å²) in [5, 5.41) is 18.5. The maximum absolute atomic E-state index is 10.6. The SMILES string of the molecule is Cn1cc(CN2CC[C@@H]3OC(COCc4cccnc4)CC[C@@H]32)cn1.O=C(O)C(F)(F)F.O=C(O)C(F)(F)F. The lowest BCUT2D eigenvalue weighted by molar-refractivity contribution is -0.193. The standard InChI is InChI=1S/C19H26N4O2.2C2HF3O2/c1-22-11-16(10-21-22)12-23-8-6-19-18(23)5-4-17(25-19)14-24-13-15-3-2-7-20-9-15;2*3-2(4,5)1(6)7/h2-3,7,9-11,17-19H,4-6,8,12-14H2,1H3;2*(H,6,7)/t17?,18-,19-;;/m0../s1. The lowest BCUT2D eigenvalue weighted by Gasteiger charge is -2.35. The van der Waals surface area contributed by atoms with E-state index in [0.29, 0.717) is 25.4 Å². The van der Waals surface area contributed by atoms with Gasteiger partial charge in [-0.3, -0.25) is 14.6 Å². The number of carboxylic acid groups (broad SMARTS) is 2. The van der Waals surface area contributed by atoms with Crippen molar-refractivity contribution in [2.75, 3.05) is 13.2 Å². The van der Waals surface area contributed by atoms with E-state index >= 15 is 0 Å². The van der Waals surface area contributed by atoms with Crippen LogP contribution in [0.2, 0.25) is 0 Å². The Hall–Kier alpha value is -3.24. The van der Waals surface area contributed by atoms with Gasteiger partial charge in [-0.05, 0) is 30.9 Å². The Labute approximate surface area is 219 Å². The Bertz CT molecular complexity index is 1030. The van der Waals surface area contributed by atoms with Crippen LogP contribution in [0.15, 0.2) is 36.9 Å². The smallest absolute Gasteiger partial charge is 0.475 e. The number of rotatable bonds is 6. The fourth-order valence-corrected chi connectivity index (χ4v) is 3.98. The molecule has 16 heteroatoms. The lowest BCUT2D eigenvalue weighted by atomic mass is 9.99. The molecule has 2 aliphatic rings. The molecule has 0 spiro atoms. The van der Waals surface area contributed by atoms with Crippen molar-refractivity contribution in [3.63, 3.8) is 0 Å². The predicted octanol–water partition coefficient (Wildman–Crippen LogP) is 3.42. The number of alkyl halides is 6. The van der Waals surface area contributed by atoms with Gasteiger partial charge in [-0.25, -0.2) is 9.59 Å². The van der Waals surface area contributed by atoms with Crippen LogP contribution in [-0.4, -0.2) is 85.6 Å². The monoisotopic (exact) mass is 570 g/mol. The first-order chi connectivity index (χ1) is 18.2. The normalized spacial score (nSPS) is 21.2. The van der Waals surface area contributed by atoms with Crippen molar-refractivity contribution in [1.29, 1.82) is 0 Å². The third kappa shape index (κ3) is 11.2. The number of likely N-dealkylation sites (tertiary alicyclic amines) is 1. The molecule has 0 amide bonds. The quantitative estimate of drug-likeness (QED) is 0.503. The van der Waals surface area contributed by atoms with Crippen molar-refractivity contribution in [2.24, 2.45) is 7.05 Å². The molecule has 0 saturated carbocycles. The zero-order chi connectivity index (χ0) is 29.2. The van der Waals surface area contributed by atoms with Crippen LogP contribution in [0.4, 0.5) is 26.3 Å². The Balaban J connectivity index is 0.000000317. The molecule has 4 heterocycles. The third-order valence-electron chi connectivity index (χ3n) is 5.67. The summed E-state index contributed by atoms with van der Waals surface area (Å²) in [5.74, 6) is -5.51. The molecule has 2 fully saturated rings. The summed E-state index contributed by atoms with van der Waals surface area (Å²) < 4.78 is 77.5. The van der Waals surface area contributed by atoms with E-state index in [1.165, 1.54) is 12.0 Å². The van der Waals surface area contributed by atoms with E-state index in [4.69, 9.17) is 29.3 Å². The predicted molar refractivity (Wildman–Crippen MR) is 121 cm³/mol. The van der Waals surface area contributed by atoms with Crippen LogP contribution < -0.4 is 0 Å². The minimum Gasteiger partial charge on any atom is -0.475 e. The van der Waals surface area contributed by atoms with E-state index in [-0.39, 0.29) is 6.10 Å². The highest BCUT2D eigenvalue weighted by Gasteiger charge is 2.40. The fourth-order valence-electron chi connectivity index (χ4n) is 3.98. The number of fused-ring (bicyclic) bond motifs is 1. The minimum absolute atomic E-state index is 0.219. The van der Waals surface area contributed by atoms with Gasteiger partial charge in [0.1, 0.15) is 0 Å². The number of aromatic nitrogens is 3. The van der Waals surface area contributed by atoms with E-state index in [2.05, 4.69) is 21.2 Å². The van der Waals surface area contributed by atoms with Gasteiger partial charge in [0.05, 0.1) is 31.6 Å². The van der Waals surface area contributed by atoms with Gasteiger partial charge in [-0.2, -0.15) is 31.4 Å². The number of hydrogen-bond acceptors (Lipinski definition) is 7. The molecule has 218 valence electrons. The fraction of sp³-hybridized carbons (Fsp3) is 0.565. The van der Waals surface area contributed by atoms with Crippen molar-refractivity contribution in [1.82, 2.24) is 19.7 Å². The maximum Gasteiger partial charge on any atom is 0.490 e. The summed E-state index contributed by atoms with van der Waals surface area (Å²) in [5.41, 5.74) is 2.39. The number of carboxylic acids is 2. The summed E-state index contributed by atoms with van der Waals surface area (Å²) in [7, 11) is 1.97. The van der Waals surface area contributed by atoms with Gasteiger partial charge >= 0.3 is 24.3 Å². The highest BCUT2D eigenvalue weighted by atomic mass is 19.4. The van der Waals surface area contributed by atoms with E-state index in [9.17, 15) is 26.3 Å². The zero-order valence-corrected chi connectivity index (χ0v) is 20.7. The van der Waals surface area contributed by atoms with Crippen LogP contribution >= 0.6 is 0 Å². The van der Waals surface area contributed by atoms with Gasteiger partial charge in [0.25, 0.3) is 0 Å². The molecular weight excluding hydrogens is 542 g/mol. The van der Waals surface area contributed by atoms with Gasteiger partial charge in [-0.15, -0.1) is 0 Å². The largest absolute Gasteiger partial charge is 0.490 e. The summed E-state index contributed by atoms with van der Waals surface area (Å²) >= 11 is 0. The number of carbonyl (C=O) groups is 2. The Morgan fingerprint density at radius 3 is 2.21 bits per heavy atom. The second kappa shape index (κ2) is 14.2. The molecule has 0 radical (unpaired) electrons. The average Bonchev–Trinajstić information content (AvgIpc) is 3.45. The number of aliphatic carboxylic acids is 2. The van der Waals surface area contributed by atoms with E-state index < -0.39 is 24.3 Å². The molecular formula is C23H28F6N4O6. The minimum atomic E-state index is -5.08. The number of hydrogen-bond donors (Lipinski definition) is 2. The second-order valence-electron chi connectivity index (χ2n) is 8.70. The number of halogens is 6. The van der Waals surface area contributed by atoms with Crippen molar-refractivity contribution in [3.05, 3.63) is 48.0 Å². The Morgan fingerprint density at radius 1 is 1.05 bits per heavy atom.